The molecule has 3 aromatic heterocycles. The van der Waals surface area contributed by atoms with Crippen LogP contribution in [0, 0.1) is 0 Å². The highest BCUT2D eigenvalue weighted by molar-refractivity contribution is 7.00. The van der Waals surface area contributed by atoms with Crippen LogP contribution in [0.5, 0.6) is 0 Å². The van der Waals surface area contributed by atoms with E-state index in [1.165, 1.54) is 27.5 Å². The summed E-state index contributed by atoms with van der Waals surface area (Å²) < 4.78 is 46.0. The van der Waals surface area contributed by atoms with Gasteiger partial charge in [0.05, 0.1) is 38.6 Å². The van der Waals surface area contributed by atoms with Crippen molar-refractivity contribution in [2.24, 2.45) is 0 Å². The number of rotatable bonds is 10. The number of nitrogens with zero attached hydrogens (tertiary/aromatic N) is 5. The number of anilines is 6. The normalized spacial score (nSPS) is 13.4. The lowest BCUT2D eigenvalue weighted by molar-refractivity contribution is 0.590. The van der Waals surface area contributed by atoms with Crippen LogP contribution in [0.15, 0.2) is 358 Å². The number of aromatic nitrogens is 3. The Labute approximate surface area is 673 Å². The van der Waals surface area contributed by atoms with Gasteiger partial charge in [-0.1, -0.05) is 287 Å². The number of para-hydroxylation sites is 3. The first kappa shape index (κ1) is 64.3. The summed E-state index contributed by atoms with van der Waals surface area (Å²) in [4.78, 5) is 5.12. The smallest absolute Gasteiger partial charge is 0.252 e. The molecule has 19 aromatic rings. The van der Waals surface area contributed by atoms with Crippen molar-refractivity contribution in [2.45, 2.75) is 78.6 Å². The predicted octanol–water partition coefficient (Wildman–Crippen LogP) is 27.3. The molecule has 0 saturated heterocycles. The first-order chi connectivity index (χ1) is 57.1. The number of hydrogen-bond acceptors (Lipinski definition) is 2. The third-order valence-corrected chi connectivity index (χ3v) is 24.1. The summed E-state index contributed by atoms with van der Waals surface area (Å²) in [7, 11) is 0. The molecule has 0 fully saturated rings. The zero-order valence-electron chi connectivity index (χ0n) is 69.6. The van der Waals surface area contributed by atoms with Gasteiger partial charge in [-0.05, 0) is 238 Å². The van der Waals surface area contributed by atoms with Gasteiger partial charge in [0.15, 0.2) is 0 Å². The second-order valence-electron chi connectivity index (χ2n) is 34.3. The van der Waals surface area contributed by atoms with E-state index < -0.39 is 0 Å². The maximum atomic E-state index is 10.2. The number of fused-ring (bicyclic) bond motifs is 13. The van der Waals surface area contributed by atoms with Crippen molar-refractivity contribution in [3.05, 3.63) is 375 Å². The van der Waals surface area contributed by atoms with E-state index in [1.54, 1.807) is 0 Å². The molecule has 0 atom stereocenters. The first-order valence-corrected chi connectivity index (χ1v) is 39.9. The Morgan fingerprint density at radius 3 is 1.03 bits per heavy atom. The van der Waals surface area contributed by atoms with E-state index in [-0.39, 0.29) is 47.1 Å². The van der Waals surface area contributed by atoms with Crippen molar-refractivity contribution in [3.8, 4) is 72.7 Å². The minimum atomic E-state index is -0.386. The van der Waals surface area contributed by atoms with Crippen LogP contribution in [0.3, 0.4) is 0 Å². The summed E-state index contributed by atoms with van der Waals surface area (Å²) in [5.74, 6) is 0. The Morgan fingerprint density at radius 1 is 0.228 bits per heavy atom. The fourth-order valence-corrected chi connectivity index (χ4v) is 18.4. The highest BCUT2D eigenvalue weighted by Gasteiger charge is 2.45. The molecule has 21 rings (SSSR count). The molecule has 0 unspecified atom stereocenters. The first-order valence-electron chi connectivity index (χ1n) is 41.9. The molecule has 5 heterocycles. The topological polar surface area (TPSA) is 21.3 Å². The van der Waals surface area contributed by atoms with Gasteiger partial charge < -0.3 is 23.5 Å². The Bertz CT molecular complexity index is 7120. The lowest BCUT2D eigenvalue weighted by atomic mass is 9.33. The van der Waals surface area contributed by atoms with Crippen molar-refractivity contribution in [1.29, 1.82) is 0 Å². The summed E-state index contributed by atoms with van der Waals surface area (Å²) in [6.07, 6.45) is 0. The molecule has 0 aliphatic carbocycles. The van der Waals surface area contributed by atoms with Crippen LogP contribution in [0.25, 0.3) is 138 Å². The molecule has 0 N–H and O–H groups in total. The average Bonchev–Trinajstić information content (AvgIpc) is 1.23. The quantitative estimate of drug-likeness (QED) is 0.127. The average molecular weight is 1470 g/mol. The maximum absolute atomic E-state index is 10.2. The molecule has 546 valence electrons. The highest BCUT2D eigenvalue weighted by Crippen LogP contribution is 2.51. The molecule has 0 spiro atoms. The molecule has 5 nitrogen and oxygen atoms in total. The van der Waals surface area contributed by atoms with Crippen molar-refractivity contribution in [1.82, 2.24) is 13.7 Å². The molecule has 0 bridgehead atoms. The van der Waals surface area contributed by atoms with E-state index in [9.17, 15) is 5.48 Å². The standard InChI is InChI=1S/C108H86BN5/c1-106(2,3)79-38-28-37-73(57-79)78-62-103-105-104(63-78)114(86-60-76(71-33-18-12-19-34-71)56-77(61-86)72-35-20-13-21-36-72)102-68-84(112-98-52-45-80(107(4,5)6)64-90(98)91-65-81(108(7,8)9)46-53-99(91)112)48-51-94(102)109(105)93-50-47-83(67-101(93)113(103)85-58-74(69-29-14-10-15-30-69)55-75(59-85)70-31-16-11-17-32-70)111-97-44-27-24-41-89(97)92-66-82(49-54-100(92)111)110-95-42-25-22-39-87(95)88-40-23-26-43-96(88)110/h10-68H,1-9H3/i24D,27D,41D,44D. The van der Waals surface area contributed by atoms with E-state index in [4.69, 9.17) is 0 Å². The number of benzene rings is 16. The zero-order valence-corrected chi connectivity index (χ0v) is 65.6. The van der Waals surface area contributed by atoms with Crippen molar-refractivity contribution < 1.29 is 5.48 Å². The molecule has 16 aromatic carbocycles. The highest BCUT2D eigenvalue weighted by atomic mass is 15.2. The molecular weight excluding hydrogens is 1380 g/mol. The molecule has 0 saturated carbocycles. The van der Waals surface area contributed by atoms with Crippen LogP contribution in [0.1, 0.15) is 84.5 Å². The van der Waals surface area contributed by atoms with Crippen LogP contribution >= 0.6 is 0 Å². The molecule has 2 aliphatic rings. The van der Waals surface area contributed by atoms with Gasteiger partial charge >= 0.3 is 0 Å². The summed E-state index contributed by atoms with van der Waals surface area (Å²) in [5, 5.41) is 5.86. The summed E-state index contributed by atoms with van der Waals surface area (Å²) in [6, 6.07) is 122. The summed E-state index contributed by atoms with van der Waals surface area (Å²) >= 11 is 0. The van der Waals surface area contributed by atoms with Gasteiger partial charge in [-0.2, -0.15) is 0 Å². The zero-order chi connectivity index (χ0) is 80.5. The third kappa shape index (κ3) is 11.3. The van der Waals surface area contributed by atoms with E-state index in [0.29, 0.717) is 16.3 Å². The van der Waals surface area contributed by atoms with Crippen LogP contribution in [0.4, 0.5) is 34.1 Å². The largest absolute Gasteiger partial charge is 0.311 e. The lowest BCUT2D eigenvalue weighted by Crippen LogP contribution is -2.61. The van der Waals surface area contributed by atoms with Crippen LogP contribution in [-0.2, 0) is 16.2 Å². The fraction of sp³-hybridized carbons (Fsp3) is 0.111. The Hall–Kier alpha value is -13.4. The molecule has 2 aliphatic heterocycles. The van der Waals surface area contributed by atoms with Crippen LogP contribution in [-0.4, -0.2) is 20.4 Å². The Morgan fingerprint density at radius 2 is 0.579 bits per heavy atom. The minimum absolute atomic E-state index is 0.0902. The van der Waals surface area contributed by atoms with E-state index in [1.807, 2.05) is 0 Å². The third-order valence-electron chi connectivity index (χ3n) is 24.1. The Balaban J connectivity index is 0.902. The second kappa shape index (κ2) is 26.1. The molecule has 6 heteroatoms. The van der Waals surface area contributed by atoms with Crippen LogP contribution in [0.2, 0.25) is 0 Å². The van der Waals surface area contributed by atoms with Gasteiger partial charge in [0.2, 0.25) is 0 Å². The Kier molecular flexibility index (Phi) is 14.7. The SMILES string of the molecule is [2H]c1c([2H])c([2H])c2c(c1[2H])c1cc(-n3c4ccccc4c4ccccc43)ccc1n2-c1ccc2c(c1)N(c1cc(-c3ccccc3)cc(-c3ccccc3)c1)c1cc(-c3cccc(C(C)(C)C)c3)cc3c1B2c1ccc(-n2c4ccc(C(C)(C)C)cc4c4cc(C(C)(C)C)ccc42)cc1N3c1cc(-c2ccccc2)cc(-c2ccccc2)c1. The van der Waals surface area contributed by atoms with Gasteiger partial charge in [0.25, 0.3) is 6.71 Å². The van der Waals surface area contributed by atoms with Gasteiger partial charge in [0, 0.05) is 83.5 Å². The molecule has 0 radical (unpaired) electrons. The second-order valence-corrected chi connectivity index (χ2v) is 34.3. The van der Waals surface area contributed by atoms with Crippen LogP contribution < -0.4 is 26.2 Å². The predicted molar refractivity (Wildman–Crippen MR) is 487 cm³/mol. The molecule has 114 heavy (non-hydrogen) atoms. The van der Waals surface area contributed by atoms with Gasteiger partial charge in [0.1, 0.15) is 0 Å². The van der Waals surface area contributed by atoms with E-state index in [0.717, 1.165) is 162 Å². The summed E-state index contributed by atoms with van der Waals surface area (Å²) in [5.41, 5.74) is 31.7. The monoisotopic (exact) mass is 1470 g/mol. The molecular formula is C108H86BN5. The maximum Gasteiger partial charge on any atom is 0.252 e. The summed E-state index contributed by atoms with van der Waals surface area (Å²) in [6.45, 7) is 20.4. The lowest BCUT2D eigenvalue weighted by Gasteiger charge is -2.45. The van der Waals surface area contributed by atoms with Crippen molar-refractivity contribution >= 4 is 123 Å². The van der Waals surface area contributed by atoms with Crippen molar-refractivity contribution in [3.63, 3.8) is 0 Å². The number of hydrogen-bond donors (Lipinski definition) is 0. The molecule has 0 amide bonds. The minimum Gasteiger partial charge on any atom is -0.311 e. The van der Waals surface area contributed by atoms with Gasteiger partial charge in [-0.15, -0.1) is 0 Å². The van der Waals surface area contributed by atoms with E-state index in [2.05, 4.69) is 419 Å². The van der Waals surface area contributed by atoms with Crippen molar-refractivity contribution in [2.75, 3.05) is 9.80 Å². The van der Waals surface area contributed by atoms with E-state index >= 15 is 0 Å². The van der Waals surface area contributed by atoms with Gasteiger partial charge in [-0.25, -0.2) is 0 Å². The fourth-order valence-electron chi connectivity index (χ4n) is 18.4. The van der Waals surface area contributed by atoms with Gasteiger partial charge in [-0.3, -0.25) is 0 Å².